The fourth-order valence-corrected chi connectivity index (χ4v) is 2.64. The number of halogens is 3. The number of rotatable bonds is 2. The second kappa shape index (κ2) is 5.95. The minimum absolute atomic E-state index is 0.254. The fraction of sp³-hybridized carbons (Fsp3) is 0.0714. The highest BCUT2D eigenvalue weighted by Gasteiger charge is 2.10. The van der Waals surface area contributed by atoms with Gasteiger partial charge in [0.05, 0.1) is 10.7 Å². The number of hydrogen-bond donors (Lipinski definition) is 1. The van der Waals surface area contributed by atoms with Gasteiger partial charge in [0, 0.05) is 15.1 Å². The zero-order chi connectivity index (χ0) is 14.0. The summed E-state index contributed by atoms with van der Waals surface area (Å²) in [6.07, 6.45) is 0. The van der Waals surface area contributed by atoms with Crippen molar-refractivity contribution in [3.63, 3.8) is 0 Å². The summed E-state index contributed by atoms with van der Waals surface area (Å²) in [5.41, 5.74) is 2.08. The Bertz CT molecular complexity index is 623. The summed E-state index contributed by atoms with van der Waals surface area (Å²) in [6, 6.07) is 10.5. The van der Waals surface area contributed by atoms with Gasteiger partial charge in [0.15, 0.2) is 0 Å². The van der Waals surface area contributed by atoms with E-state index in [4.69, 9.17) is 23.2 Å². The van der Waals surface area contributed by atoms with Crippen LogP contribution in [0.5, 0.6) is 0 Å². The Labute approximate surface area is 129 Å². The molecule has 98 valence electrons. The van der Waals surface area contributed by atoms with Crippen molar-refractivity contribution in [3.05, 3.63) is 62.0 Å². The molecule has 2 aromatic carbocycles. The average molecular weight is 359 g/mol. The molecule has 19 heavy (non-hydrogen) atoms. The topological polar surface area (TPSA) is 29.1 Å². The number of nitrogens with one attached hydrogen (secondary N) is 1. The number of benzene rings is 2. The highest BCUT2D eigenvalue weighted by molar-refractivity contribution is 9.10. The van der Waals surface area contributed by atoms with Crippen LogP contribution in [0.4, 0.5) is 5.69 Å². The van der Waals surface area contributed by atoms with Gasteiger partial charge in [0.1, 0.15) is 0 Å². The number of amides is 1. The molecule has 0 unspecified atom stereocenters. The number of hydrogen-bond acceptors (Lipinski definition) is 1. The van der Waals surface area contributed by atoms with Crippen LogP contribution in [0.3, 0.4) is 0 Å². The predicted molar refractivity (Wildman–Crippen MR) is 83.3 cm³/mol. The lowest BCUT2D eigenvalue weighted by molar-refractivity contribution is 0.102. The van der Waals surface area contributed by atoms with Crippen molar-refractivity contribution in [2.24, 2.45) is 0 Å². The van der Waals surface area contributed by atoms with Crippen molar-refractivity contribution in [2.75, 3.05) is 5.32 Å². The van der Waals surface area contributed by atoms with E-state index in [0.29, 0.717) is 21.3 Å². The van der Waals surface area contributed by atoms with Gasteiger partial charge in [-0.25, -0.2) is 0 Å². The van der Waals surface area contributed by atoms with E-state index in [1.54, 1.807) is 24.3 Å². The smallest absolute Gasteiger partial charge is 0.255 e. The van der Waals surface area contributed by atoms with E-state index >= 15 is 0 Å². The van der Waals surface area contributed by atoms with Gasteiger partial charge in [0.2, 0.25) is 0 Å². The summed E-state index contributed by atoms with van der Waals surface area (Å²) < 4.78 is 0.750. The normalized spacial score (nSPS) is 10.3. The third-order valence-electron chi connectivity index (χ3n) is 2.49. The van der Waals surface area contributed by atoms with Gasteiger partial charge in [0.25, 0.3) is 5.91 Å². The Morgan fingerprint density at radius 2 is 1.89 bits per heavy atom. The van der Waals surface area contributed by atoms with E-state index in [9.17, 15) is 4.79 Å². The second-order valence-electron chi connectivity index (χ2n) is 4.10. The average Bonchev–Trinajstić information content (AvgIpc) is 2.32. The zero-order valence-corrected chi connectivity index (χ0v) is 13.1. The largest absolute Gasteiger partial charge is 0.321 e. The van der Waals surface area contributed by atoms with Crippen LogP contribution in [-0.4, -0.2) is 5.91 Å². The molecular formula is C14H10BrCl2NO. The van der Waals surface area contributed by atoms with Gasteiger partial charge in [-0.1, -0.05) is 45.2 Å². The first-order chi connectivity index (χ1) is 8.95. The molecule has 0 aliphatic carbocycles. The number of anilines is 1. The minimum Gasteiger partial charge on any atom is -0.321 e. The lowest BCUT2D eigenvalue weighted by Gasteiger charge is -2.09. The molecule has 5 heteroatoms. The molecule has 0 atom stereocenters. The third kappa shape index (κ3) is 3.72. The molecule has 0 aromatic heterocycles. The van der Waals surface area contributed by atoms with Crippen molar-refractivity contribution >= 4 is 50.7 Å². The molecule has 0 spiro atoms. The van der Waals surface area contributed by atoms with E-state index in [2.05, 4.69) is 21.2 Å². The van der Waals surface area contributed by atoms with Crippen molar-refractivity contribution in [1.82, 2.24) is 0 Å². The Kier molecular flexibility index (Phi) is 4.50. The fourth-order valence-electron chi connectivity index (χ4n) is 1.61. The lowest BCUT2D eigenvalue weighted by Crippen LogP contribution is -2.12. The van der Waals surface area contributed by atoms with Crippen LogP contribution in [0.15, 0.2) is 40.9 Å². The zero-order valence-electron chi connectivity index (χ0n) is 10.0. The molecule has 0 heterocycles. The van der Waals surface area contributed by atoms with Crippen LogP contribution in [0.25, 0.3) is 0 Å². The Balaban J connectivity index is 2.28. The van der Waals surface area contributed by atoms with Crippen LogP contribution in [0, 0.1) is 6.92 Å². The van der Waals surface area contributed by atoms with Gasteiger partial charge < -0.3 is 5.32 Å². The molecule has 0 bridgehead atoms. The van der Waals surface area contributed by atoms with E-state index in [0.717, 1.165) is 10.0 Å². The second-order valence-corrected chi connectivity index (χ2v) is 5.85. The molecule has 1 N–H and O–H groups in total. The molecule has 2 aromatic rings. The van der Waals surface area contributed by atoms with Gasteiger partial charge in [-0.3, -0.25) is 4.79 Å². The van der Waals surface area contributed by atoms with E-state index in [1.165, 1.54) is 0 Å². The Morgan fingerprint density at radius 1 is 1.16 bits per heavy atom. The van der Waals surface area contributed by atoms with Crippen molar-refractivity contribution in [2.45, 2.75) is 6.92 Å². The predicted octanol–water partition coefficient (Wildman–Crippen LogP) is 5.32. The summed E-state index contributed by atoms with van der Waals surface area (Å²) >= 11 is 15.3. The first-order valence-corrected chi connectivity index (χ1v) is 7.04. The molecule has 0 saturated heterocycles. The van der Waals surface area contributed by atoms with E-state index in [1.807, 2.05) is 19.1 Å². The van der Waals surface area contributed by atoms with Gasteiger partial charge in [-0.2, -0.15) is 0 Å². The van der Waals surface area contributed by atoms with Crippen molar-refractivity contribution in [1.29, 1.82) is 0 Å². The standard InChI is InChI=1S/C14H10BrCl2NO/c1-8-2-3-12(17)13(4-8)18-14(19)9-5-10(15)7-11(16)6-9/h2-7H,1H3,(H,18,19). The van der Waals surface area contributed by atoms with Crippen LogP contribution >= 0.6 is 39.1 Å². The monoisotopic (exact) mass is 357 g/mol. The summed E-state index contributed by atoms with van der Waals surface area (Å²) in [6.45, 7) is 1.93. The highest BCUT2D eigenvalue weighted by Crippen LogP contribution is 2.25. The molecule has 0 fully saturated rings. The Morgan fingerprint density at radius 3 is 2.58 bits per heavy atom. The molecule has 0 aliphatic heterocycles. The van der Waals surface area contributed by atoms with Crippen LogP contribution in [0.2, 0.25) is 10.0 Å². The molecule has 0 saturated carbocycles. The highest BCUT2D eigenvalue weighted by atomic mass is 79.9. The molecule has 0 radical (unpaired) electrons. The summed E-state index contributed by atoms with van der Waals surface area (Å²) in [4.78, 5) is 12.1. The van der Waals surface area contributed by atoms with Gasteiger partial charge in [-0.05, 0) is 42.8 Å². The lowest BCUT2D eigenvalue weighted by atomic mass is 10.2. The van der Waals surface area contributed by atoms with Gasteiger partial charge in [-0.15, -0.1) is 0 Å². The number of carbonyl (C=O) groups is 1. The maximum atomic E-state index is 12.1. The van der Waals surface area contributed by atoms with Crippen molar-refractivity contribution in [3.8, 4) is 0 Å². The van der Waals surface area contributed by atoms with Crippen molar-refractivity contribution < 1.29 is 4.79 Å². The van der Waals surface area contributed by atoms with Gasteiger partial charge >= 0.3 is 0 Å². The summed E-state index contributed by atoms with van der Waals surface area (Å²) in [5.74, 6) is -0.254. The number of carbonyl (C=O) groups excluding carboxylic acids is 1. The third-order valence-corrected chi connectivity index (χ3v) is 3.50. The SMILES string of the molecule is Cc1ccc(Cl)c(NC(=O)c2cc(Cl)cc(Br)c2)c1. The van der Waals surface area contributed by atoms with Crippen LogP contribution in [0.1, 0.15) is 15.9 Å². The quantitative estimate of drug-likeness (QED) is 0.773. The molecule has 2 rings (SSSR count). The maximum absolute atomic E-state index is 12.1. The summed E-state index contributed by atoms with van der Waals surface area (Å²) in [5, 5.41) is 3.77. The molecule has 0 aliphatic rings. The summed E-state index contributed by atoms with van der Waals surface area (Å²) in [7, 11) is 0. The van der Waals surface area contributed by atoms with Crippen LogP contribution in [-0.2, 0) is 0 Å². The molecule has 2 nitrogen and oxygen atoms in total. The molecule has 1 amide bonds. The minimum atomic E-state index is -0.254. The number of aryl methyl sites for hydroxylation is 1. The first kappa shape index (κ1) is 14.4. The van der Waals surface area contributed by atoms with E-state index < -0.39 is 0 Å². The first-order valence-electron chi connectivity index (χ1n) is 5.49. The van der Waals surface area contributed by atoms with Crippen LogP contribution < -0.4 is 5.32 Å². The molecular weight excluding hydrogens is 349 g/mol. The maximum Gasteiger partial charge on any atom is 0.255 e. The Hall–Kier alpha value is -1.03. The van der Waals surface area contributed by atoms with E-state index in [-0.39, 0.29) is 5.91 Å².